The summed E-state index contributed by atoms with van der Waals surface area (Å²) in [6.07, 6.45) is 5.23. The van der Waals surface area contributed by atoms with Crippen molar-refractivity contribution < 1.29 is 9.53 Å². The van der Waals surface area contributed by atoms with Gasteiger partial charge in [-0.15, -0.1) is 0 Å². The fraction of sp³-hybridized carbons (Fsp3) is 0.647. The Bertz CT molecular complexity index is 517. The number of pyridine rings is 1. The molecule has 0 aliphatic carbocycles. The minimum absolute atomic E-state index is 0.398. The molecule has 122 valence electrons. The molecule has 22 heavy (non-hydrogen) atoms. The summed E-state index contributed by atoms with van der Waals surface area (Å²) in [4.78, 5) is 18.6. The molecule has 0 atom stereocenters. The molecule has 1 N–H and O–H groups in total. The maximum absolute atomic E-state index is 11.7. The van der Waals surface area contributed by atoms with Gasteiger partial charge in [-0.2, -0.15) is 0 Å². The van der Waals surface area contributed by atoms with Gasteiger partial charge in [0.05, 0.1) is 0 Å². The first kappa shape index (κ1) is 16.6. The molecule has 0 radical (unpaired) electrons. The van der Waals surface area contributed by atoms with Gasteiger partial charge in [-0.1, -0.05) is 0 Å². The topological polar surface area (TPSA) is 54.5 Å². The molecule has 0 spiro atoms. The van der Waals surface area contributed by atoms with Crippen LogP contribution in [0.3, 0.4) is 0 Å². The molecule has 0 bridgehead atoms. The number of nitrogens with zero attached hydrogens (tertiary/aromatic N) is 2. The van der Waals surface area contributed by atoms with Crippen LogP contribution in [0.15, 0.2) is 12.3 Å². The van der Waals surface area contributed by atoms with E-state index in [9.17, 15) is 4.79 Å². The number of nitrogens with one attached hydrogen (secondary N) is 1. The molecule has 5 heteroatoms. The number of amides is 1. The average Bonchev–Trinajstić information content (AvgIpc) is 2.44. The zero-order valence-electron chi connectivity index (χ0n) is 14.1. The maximum atomic E-state index is 11.7. The van der Waals surface area contributed by atoms with Crippen LogP contribution >= 0.6 is 0 Å². The van der Waals surface area contributed by atoms with Crippen molar-refractivity contribution in [3.8, 4) is 0 Å². The van der Waals surface area contributed by atoms with E-state index < -0.39 is 11.7 Å². The number of aryl methyl sites for hydroxylation is 1. The highest BCUT2D eigenvalue weighted by molar-refractivity contribution is 5.67. The number of aromatic nitrogens is 1. The van der Waals surface area contributed by atoms with Gasteiger partial charge in [-0.3, -0.25) is 0 Å². The first-order valence-electron chi connectivity index (χ1n) is 8.02. The van der Waals surface area contributed by atoms with E-state index in [4.69, 9.17) is 4.74 Å². The molecule has 1 fully saturated rings. The number of ether oxygens (including phenoxy) is 1. The molecule has 2 heterocycles. The number of carbonyl (C=O) groups excluding carboxylic acids is 1. The van der Waals surface area contributed by atoms with E-state index in [0.717, 1.165) is 30.0 Å². The molecule has 1 saturated heterocycles. The van der Waals surface area contributed by atoms with Gasteiger partial charge in [0.1, 0.15) is 11.4 Å². The van der Waals surface area contributed by atoms with Crippen molar-refractivity contribution in [3.63, 3.8) is 0 Å². The maximum Gasteiger partial charge on any atom is 0.407 e. The van der Waals surface area contributed by atoms with Crippen LogP contribution < -0.4 is 10.2 Å². The highest BCUT2D eigenvalue weighted by Crippen LogP contribution is 2.22. The van der Waals surface area contributed by atoms with Gasteiger partial charge in [0.15, 0.2) is 0 Å². The van der Waals surface area contributed by atoms with Gasteiger partial charge in [0.2, 0.25) is 0 Å². The molecule has 0 aromatic carbocycles. The summed E-state index contributed by atoms with van der Waals surface area (Å²) >= 11 is 0. The molecule has 1 aromatic rings. The third-order valence-electron chi connectivity index (χ3n) is 3.60. The largest absolute Gasteiger partial charge is 0.444 e. The fourth-order valence-electron chi connectivity index (χ4n) is 2.65. The predicted octanol–water partition coefficient (Wildman–Crippen LogP) is 3.41. The van der Waals surface area contributed by atoms with E-state index >= 15 is 0 Å². The first-order valence-corrected chi connectivity index (χ1v) is 8.02. The third-order valence-corrected chi connectivity index (χ3v) is 3.60. The van der Waals surface area contributed by atoms with Crippen molar-refractivity contribution in [1.82, 2.24) is 10.3 Å². The van der Waals surface area contributed by atoms with Gasteiger partial charge < -0.3 is 15.0 Å². The number of rotatable bonds is 3. The second-order valence-electron chi connectivity index (χ2n) is 6.89. The number of hydrogen-bond donors (Lipinski definition) is 1. The zero-order chi connectivity index (χ0) is 16.2. The van der Waals surface area contributed by atoms with Crippen LogP contribution in [0.25, 0.3) is 0 Å². The summed E-state index contributed by atoms with van der Waals surface area (Å²) in [6.45, 7) is 10.2. The number of anilines is 1. The average molecular weight is 305 g/mol. The normalized spacial score (nSPS) is 15.5. The number of carbonyl (C=O) groups is 1. The third kappa shape index (κ3) is 4.90. The van der Waals surface area contributed by atoms with E-state index in [0.29, 0.717) is 6.54 Å². The lowest BCUT2D eigenvalue weighted by molar-refractivity contribution is 0.0523. The highest BCUT2D eigenvalue weighted by Gasteiger charge is 2.17. The lowest BCUT2D eigenvalue weighted by Gasteiger charge is -2.29. The van der Waals surface area contributed by atoms with Crippen molar-refractivity contribution in [1.29, 1.82) is 0 Å². The van der Waals surface area contributed by atoms with Gasteiger partial charge >= 0.3 is 6.09 Å². The molecule has 1 aliphatic rings. The smallest absolute Gasteiger partial charge is 0.407 e. The Hall–Kier alpha value is -1.78. The van der Waals surface area contributed by atoms with Gasteiger partial charge in [0.25, 0.3) is 0 Å². The Morgan fingerprint density at radius 2 is 2.00 bits per heavy atom. The van der Waals surface area contributed by atoms with Crippen LogP contribution in [0, 0.1) is 6.92 Å². The summed E-state index contributed by atoms with van der Waals surface area (Å²) < 4.78 is 5.23. The van der Waals surface area contributed by atoms with Crippen LogP contribution in [0.5, 0.6) is 0 Å². The highest BCUT2D eigenvalue weighted by atomic mass is 16.6. The number of hydrogen-bond acceptors (Lipinski definition) is 4. The van der Waals surface area contributed by atoms with E-state index in [2.05, 4.69) is 28.2 Å². The Kier molecular flexibility index (Phi) is 5.27. The lowest BCUT2D eigenvalue weighted by atomic mass is 10.1. The SMILES string of the molecule is Cc1cc(CNC(=O)OC(C)(C)C)cnc1N1CCCCC1. The lowest BCUT2D eigenvalue weighted by Crippen LogP contribution is -2.32. The van der Waals surface area contributed by atoms with E-state index in [1.165, 1.54) is 19.3 Å². The van der Waals surface area contributed by atoms with E-state index in [1.807, 2.05) is 27.0 Å². The summed E-state index contributed by atoms with van der Waals surface area (Å²) in [7, 11) is 0. The fourth-order valence-corrected chi connectivity index (χ4v) is 2.65. The Morgan fingerprint density at radius 3 is 2.59 bits per heavy atom. The van der Waals surface area contributed by atoms with E-state index in [1.54, 1.807) is 0 Å². The molecule has 1 amide bonds. The predicted molar refractivity (Wildman–Crippen MR) is 88.1 cm³/mol. The van der Waals surface area contributed by atoms with Gasteiger partial charge in [-0.25, -0.2) is 9.78 Å². The zero-order valence-corrected chi connectivity index (χ0v) is 14.1. The second-order valence-corrected chi connectivity index (χ2v) is 6.89. The minimum Gasteiger partial charge on any atom is -0.444 e. The molecule has 1 aromatic heterocycles. The van der Waals surface area contributed by atoms with Crippen molar-refractivity contribution in [3.05, 3.63) is 23.4 Å². The van der Waals surface area contributed by atoms with E-state index in [-0.39, 0.29) is 0 Å². The number of alkyl carbamates (subject to hydrolysis) is 1. The molecule has 1 aliphatic heterocycles. The molecule has 0 saturated carbocycles. The van der Waals surface area contributed by atoms with Crippen molar-refractivity contribution in [2.24, 2.45) is 0 Å². The first-order chi connectivity index (χ1) is 10.3. The Labute approximate surface area is 133 Å². The van der Waals surface area contributed by atoms with Gasteiger partial charge in [0, 0.05) is 25.8 Å². The Balaban J connectivity index is 1.93. The molecule has 5 nitrogen and oxygen atoms in total. The summed E-state index contributed by atoms with van der Waals surface area (Å²) in [5.41, 5.74) is 1.67. The Morgan fingerprint density at radius 1 is 1.32 bits per heavy atom. The quantitative estimate of drug-likeness (QED) is 0.930. The van der Waals surface area contributed by atoms with Crippen LogP contribution in [0.1, 0.15) is 51.2 Å². The summed E-state index contributed by atoms with van der Waals surface area (Å²) in [5.74, 6) is 1.07. The van der Waals surface area contributed by atoms with Crippen LogP contribution in [0.4, 0.5) is 10.6 Å². The summed E-state index contributed by atoms with van der Waals surface area (Å²) in [5, 5.41) is 2.77. The molecule has 0 unspecified atom stereocenters. The van der Waals surface area contributed by atoms with Crippen LogP contribution in [-0.2, 0) is 11.3 Å². The number of piperidine rings is 1. The second kappa shape index (κ2) is 6.99. The van der Waals surface area contributed by atoms with Crippen LogP contribution in [0.2, 0.25) is 0 Å². The minimum atomic E-state index is -0.476. The van der Waals surface area contributed by atoms with Gasteiger partial charge in [-0.05, 0) is 64.2 Å². The standard InChI is InChI=1S/C17H27N3O2/c1-13-10-14(12-19-16(21)22-17(2,3)4)11-18-15(13)20-8-6-5-7-9-20/h10-11H,5-9,12H2,1-4H3,(H,19,21). The monoisotopic (exact) mass is 305 g/mol. The summed E-state index contributed by atoms with van der Waals surface area (Å²) in [6, 6.07) is 2.09. The molecular formula is C17H27N3O2. The van der Waals surface area contributed by atoms with Crippen molar-refractivity contribution in [2.75, 3.05) is 18.0 Å². The molecular weight excluding hydrogens is 278 g/mol. The van der Waals surface area contributed by atoms with Crippen molar-refractivity contribution in [2.45, 2.75) is 59.1 Å². The van der Waals surface area contributed by atoms with Crippen LogP contribution in [-0.4, -0.2) is 29.8 Å². The molecule has 2 rings (SSSR count). The van der Waals surface area contributed by atoms with Crippen molar-refractivity contribution >= 4 is 11.9 Å².